The highest BCUT2D eigenvalue weighted by Crippen LogP contribution is 2.48. The molecule has 0 aromatic heterocycles. The third-order valence-electron chi connectivity index (χ3n) is 8.63. The minimum absolute atomic E-state index is 0.0293. The lowest BCUT2D eigenvalue weighted by Crippen LogP contribution is -2.35. The van der Waals surface area contributed by atoms with Gasteiger partial charge in [-0.25, -0.2) is 4.39 Å². The van der Waals surface area contributed by atoms with Crippen LogP contribution in [-0.4, -0.2) is 47.9 Å². The van der Waals surface area contributed by atoms with Gasteiger partial charge in [0.15, 0.2) is 11.6 Å². The van der Waals surface area contributed by atoms with Crippen LogP contribution in [0.3, 0.4) is 0 Å². The van der Waals surface area contributed by atoms with E-state index < -0.39 is 29.7 Å². The molecule has 3 aromatic carbocycles. The first-order valence-electron chi connectivity index (χ1n) is 15.0. The van der Waals surface area contributed by atoms with E-state index in [-0.39, 0.29) is 43.4 Å². The van der Waals surface area contributed by atoms with E-state index in [1.807, 2.05) is 36.1 Å². The molecule has 0 spiro atoms. The number of halogens is 1. The minimum atomic E-state index is -1.02. The summed E-state index contributed by atoms with van der Waals surface area (Å²) < 4.78 is 31.6. The van der Waals surface area contributed by atoms with Crippen molar-refractivity contribution in [2.45, 2.75) is 64.5 Å². The topological polar surface area (TPSA) is 97.3 Å². The zero-order chi connectivity index (χ0) is 30.2. The Morgan fingerprint density at radius 2 is 1.72 bits per heavy atom. The summed E-state index contributed by atoms with van der Waals surface area (Å²) in [7, 11) is 0. The van der Waals surface area contributed by atoms with Crippen LogP contribution in [0.15, 0.2) is 48.5 Å². The summed E-state index contributed by atoms with van der Waals surface area (Å²) in [6, 6.07) is 14.0. The Kier molecular flexibility index (Phi) is 8.01. The van der Waals surface area contributed by atoms with Crippen molar-refractivity contribution >= 4 is 17.6 Å². The van der Waals surface area contributed by atoms with Crippen molar-refractivity contribution in [3.8, 4) is 17.2 Å². The number of carboxylic acid groups (broad SMARTS) is 1. The van der Waals surface area contributed by atoms with Crippen LogP contribution >= 0.6 is 0 Å². The van der Waals surface area contributed by atoms with Crippen molar-refractivity contribution < 1.29 is 33.3 Å². The number of rotatable bonds is 10. The summed E-state index contributed by atoms with van der Waals surface area (Å²) in [5.74, 6) is -2.37. The normalized spacial score (nSPS) is 21.2. The molecule has 226 valence electrons. The molecule has 43 heavy (non-hydrogen) atoms. The molecule has 1 unspecified atom stereocenters. The molecule has 2 aliphatic heterocycles. The maximum Gasteiger partial charge on any atom is 0.309 e. The smallest absolute Gasteiger partial charge is 0.309 e. The Morgan fingerprint density at radius 1 is 1.02 bits per heavy atom. The van der Waals surface area contributed by atoms with Gasteiger partial charge >= 0.3 is 5.97 Å². The Labute approximate surface area is 250 Å². The number of carboxylic acids is 1. The lowest BCUT2D eigenvalue weighted by Gasteiger charge is -2.27. The first-order chi connectivity index (χ1) is 20.7. The largest absolute Gasteiger partial charge is 0.490 e. The number of nitrogens with zero attached hydrogens (tertiary/aromatic N) is 1. The lowest BCUT2D eigenvalue weighted by molar-refractivity contribution is -0.143. The van der Waals surface area contributed by atoms with Crippen molar-refractivity contribution in [3.05, 3.63) is 82.2 Å². The second-order valence-corrected chi connectivity index (χ2v) is 11.7. The summed E-state index contributed by atoms with van der Waals surface area (Å²) in [5.41, 5.74) is 5.34. The standard InChI is InChI=1S/C34H37FN2O6/c1-4-20-12-19(3)13-21(5-2)31(20)36-29(38)17-37-16-26(23-14-27(35)33-28(15-23)41-18-42-33)30(34(39)40)32(37)22-6-8-24(9-7-22)43-25-10-11-25/h6-9,12-15,25-26,30,32H,4-5,10-11,16-18H2,1-3H3,(H,36,38)(H,39,40)/t26-,30?,32+/m1/s1. The molecule has 9 heteroatoms. The van der Waals surface area contributed by atoms with Crippen LogP contribution in [0.4, 0.5) is 10.1 Å². The minimum Gasteiger partial charge on any atom is -0.490 e. The second kappa shape index (κ2) is 11.9. The molecule has 2 fully saturated rings. The van der Waals surface area contributed by atoms with Crippen LogP contribution in [0.2, 0.25) is 0 Å². The van der Waals surface area contributed by atoms with E-state index in [1.165, 1.54) is 6.07 Å². The number of hydrogen-bond acceptors (Lipinski definition) is 6. The van der Waals surface area contributed by atoms with Crippen molar-refractivity contribution in [1.29, 1.82) is 0 Å². The van der Waals surface area contributed by atoms with Crippen LogP contribution in [0.25, 0.3) is 0 Å². The molecule has 0 radical (unpaired) electrons. The molecular formula is C34H37FN2O6. The molecule has 6 rings (SSSR count). The quantitative estimate of drug-likeness (QED) is 0.300. The van der Waals surface area contributed by atoms with E-state index in [0.717, 1.165) is 59.4 Å². The van der Waals surface area contributed by atoms with E-state index in [9.17, 15) is 19.1 Å². The maximum atomic E-state index is 15.0. The average molecular weight is 589 g/mol. The van der Waals surface area contributed by atoms with Gasteiger partial charge < -0.3 is 24.6 Å². The summed E-state index contributed by atoms with van der Waals surface area (Å²) in [5, 5.41) is 13.7. The molecule has 3 aliphatic rings. The van der Waals surface area contributed by atoms with Gasteiger partial charge in [-0.3, -0.25) is 14.5 Å². The van der Waals surface area contributed by atoms with Gasteiger partial charge in [-0.1, -0.05) is 43.7 Å². The monoisotopic (exact) mass is 588 g/mol. The molecule has 1 aliphatic carbocycles. The Hall–Kier alpha value is -4.11. The molecule has 2 N–H and O–H groups in total. The molecule has 2 heterocycles. The summed E-state index contributed by atoms with van der Waals surface area (Å²) >= 11 is 0. The number of nitrogens with one attached hydrogen (secondary N) is 1. The van der Waals surface area contributed by atoms with Crippen LogP contribution in [-0.2, 0) is 22.4 Å². The Balaban J connectivity index is 1.34. The zero-order valence-electron chi connectivity index (χ0n) is 24.7. The SMILES string of the molecule is CCc1cc(C)cc(CC)c1NC(=O)CN1C[C@H](c2cc(F)c3c(c2)OCO3)C(C(=O)O)[C@@H]1c1ccc(OC2CC2)cc1. The van der Waals surface area contributed by atoms with Crippen molar-refractivity contribution in [3.63, 3.8) is 0 Å². The van der Waals surface area contributed by atoms with Gasteiger partial charge in [-0.05, 0) is 79.1 Å². The van der Waals surface area contributed by atoms with Crippen molar-refractivity contribution in [1.82, 2.24) is 4.90 Å². The third-order valence-corrected chi connectivity index (χ3v) is 8.63. The molecule has 1 saturated heterocycles. The fraction of sp³-hybridized carbons (Fsp3) is 0.412. The van der Waals surface area contributed by atoms with E-state index in [0.29, 0.717) is 5.56 Å². The second-order valence-electron chi connectivity index (χ2n) is 11.7. The van der Waals surface area contributed by atoms with E-state index >= 15 is 0 Å². The zero-order valence-corrected chi connectivity index (χ0v) is 24.7. The number of ether oxygens (including phenoxy) is 3. The molecular weight excluding hydrogens is 551 g/mol. The molecule has 8 nitrogen and oxygen atoms in total. The molecule has 1 saturated carbocycles. The highest BCUT2D eigenvalue weighted by atomic mass is 19.1. The fourth-order valence-corrected chi connectivity index (χ4v) is 6.47. The first-order valence-corrected chi connectivity index (χ1v) is 15.0. The summed E-state index contributed by atoms with van der Waals surface area (Å²) in [4.78, 5) is 28.5. The van der Waals surface area contributed by atoms with Gasteiger partial charge in [0, 0.05) is 24.2 Å². The number of likely N-dealkylation sites (tertiary alicyclic amines) is 1. The van der Waals surface area contributed by atoms with Gasteiger partial charge in [0.05, 0.1) is 18.6 Å². The van der Waals surface area contributed by atoms with Crippen molar-refractivity contribution in [2.75, 3.05) is 25.2 Å². The van der Waals surface area contributed by atoms with Crippen LogP contribution < -0.4 is 19.5 Å². The predicted molar refractivity (Wildman–Crippen MR) is 159 cm³/mol. The lowest BCUT2D eigenvalue weighted by atomic mass is 9.82. The number of fused-ring (bicyclic) bond motifs is 1. The fourth-order valence-electron chi connectivity index (χ4n) is 6.47. The number of carbonyl (C=O) groups excluding carboxylic acids is 1. The van der Waals surface area contributed by atoms with E-state index in [2.05, 4.69) is 31.3 Å². The maximum absolute atomic E-state index is 15.0. The van der Waals surface area contributed by atoms with E-state index in [1.54, 1.807) is 6.07 Å². The van der Waals surface area contributed by atoms with Gasteiger partial charge in [0.1, 0.15) is 5.75 Å². The number of aliphatic carboxylic acids is 1. The molecule has 3 aromatic rings. The van der Waals surface area contributed by atoms with Gasteiger partial charge in [0.2, 0.25) is 18.4 Å². The number of carbonyl (C=O) groups is 2. The summed E-state index contributed by atoms with van der Waals surface area (Å²) in [6.45, 7) is 6.28. The number of amides is 1. The first kappa shape index (κ1) is 29.0. The number of aryl methyl sites for hydroxylation is 3. The number of anilines is 1. The van der Waals surface area contributed by atoms with Crippen molar-refractivity contribution in [2.24, 2.45) is 5.92 Å². The van der Waals surface area contributed by atoms with E-state index in [4.69, 9.17) is 14.2 Å². The highest BCUT2D eigenvalue weighted by molar-refractivity contribution is 5.94. The predicted octanol–water partition coefficient (Wildman–Crippen LogP) is 6.01. The van der Waals surface area contributed by atoms with Crippen LogP contribution in [0, 0.1) is 18.7 Å². The molecule has 3 atom stereocenters. The Bertz CT molecular complexity index is 1510. The Morgan fingerprint density at radius 3 is 2.35 bits per heavy atom. The number of benzene rings is 3. The van der Waals surface area contributed by atoms with Crippen LogP contribution in [0.1, 0.15) is 66.5 Å². The molecule has 0 bridgehead atoms. The van der Waals surface area contributed by atoms with Gasteiger partial charge in [0.25, 0.3) is 0 Å². The summed E-state index contributed by atoms with van der Waals surface area (Å²) in [6.07, 6.45) is 3.83. The number of hydrogen-bond donors (Lipinski definition) is 2. The average Bonchev–Trinajstić information content (AvgIpc) is 3.52. The van der Waals surface area contributed by atoms with Gasteiger partial charge in [-0.2, -0.15) is 0 Å². The highest BCUT2D eigenvalue weighted by Gasteiger charge is 2.48. The van der Waals surface area contributed by atoms with Crippen LogP contribution in [0.5, 0.6) is 17.2 Å². The molecule has 1 amide bonds. The van der Waals surface area contributed by atoms with Gasteiger partial charge in [-0.15, -0.1) is 0 Å². The third kappa shape index (κ3) is 5.91.